The Bertz CT molecular complexity index is 608. The largest absolute Gasteiger partial charge is 0.444 e. The van der Waals surface area contributed by atoms with E-state index in [1.165, 1.54) is 0 Å². The number of hydrogen-bond donors (Lipinski definition) is 2. The molecule has 1 aromatic rings. The fraction of sp³-hybridized carbons (Fsp3) is 0.529. The van der Waals surface area contributed by atoms with Crippen molar-refractivity contribution < 1.29 is 14.6 Å². The highest BCUT2D eigenvalue weighted by Gasteiger charge is 2.20. The molecule has 0 radical (unpaired) electrons. The maximum atomic E-state index is 11.8. The van der Waals surface area contributed by atoms with E-state index in [1.807, 2.05) is 6.07 Å². The lowest BCUT2D eigenvalue weighted by Crippen LogP contribution is -2.36. The zero-order chi connectivity index (χ0) is 17.0. The first-order valence-corrected chi connectivity index (χ1v) is 7.75. The van der Waals surface area contributed by atoms with E-state index in [0.717, 1.165) is 5.69 Å². The predicted molar refractivity (Wildman–Crippen MR) is 88.5 cm³/mol. The smallest absolute Gasteiger partial charge is 0.412 e. The molecule has 0 unspecified atom stereocenters. The van der Waals surface area contributed by atoms with Crippen LogP contribution in [0.3, 0.4) is 0 Å². The van der Waals surface area contributed by atoms with Gasteiger partial charge in [-0.1, -0.05) is 0 Å². The van der Waals surface area contributed by atoms with Gasteiger partial charge in [0.05, 0.1) is 17.4 Å². The van der Waals surface area contributed by atoms with Crippen molar-refractivity contribution in [3.63, 3.8) is 0 Å². The summed E-state index contributed by atoms with van der Waals surface area (Å²) in [5.41, 5.74) is 1.28. The molecule has 6 nitrogen and oxygen atoms in total. The van der Waals surface area contributed by atoms with Crippen molar-refractivity contribution in [2.75, 3.05) is 23.3 Å². The van der Waals surface area contributed by atoms with Gasteiger partial charge in [0.15, 0.2) is 0 Å². The Balaban J connectivity index is 2.11. The summed E-state index contributed by atoms with van der Waals surface area (Å²) in [5, 5.41) is 21.6. The topological polar surface area (TPSA) is 85.6 Å². The van der Waals surface area contributed by atoms with E-state index in [2.05, 4.69) is 16.3 Å². The van der Waals surface area contributed by atoms with E-state index >= 15 is 0 Å². The molecule has 1 saturated heterocycles. The average molecular weight is 317 g/mol. The van der Waals surface area contributed by atoms with Gasteiger partial charge in [0.25, 0.3) is 0 Å². The first-order valence-electron chi connectivity index (χ1n) is 7.75. The number of rotatable bonds is 2. The fourth-order valence-corrected chi connectivity index (χ4v) is 2.51. The summed E-state index contributed by atoms with van der Waals surface area (Å²) in [6.45, 7) is 6.81. The van der Waals surface area contributed by atoms with Crippen LogP contribution in [0.2, 0.25) is 0 Å². The van der Waals surface area contributed by atoms with E-state index in [4.69, 9.17) is 4.74 Å². The normalized spacial score (nSPS) is 15.9. The van der Waals surface area contributed by atoms with Crippen molar-refractivity contribution >= 4 is 17.5 Å². The van der Waals surface area contributed by atoms with Crippen LogP contribution in [0.4, 0.5) is 16.2 Å². The van der Waals surface area contributed by atoms with Crippen molar-refractivity contribution in [2.24, 2.45) is 0 Å². The highest BCUT2D eigenvalue weighted by molar-refractivity contribution is 5.86. The molecule has 23 heavy (non-hydrogen) atoms. The number of amides is 1. The standard InChI is InChI=1S/C17H23N3O3/c1-17(2,3)23-16(22)19-13-4-5-15(12(10-13)11-18)20-8-6-14(21)7-9-20/h4-5,10,14,21H,6-9H2,1-3H3,(H,19,22). The molecule has 1 aromatic carbocycles. The SMILES string of the molecule is CC(C)(C)OC(=O)Nc1ccc(N2CCC(O)CC2)c(C#N)c1. The summed E-state index contributed by atoms with van der Waals surface area (Å²) in [4.78, 5) is 13.9. The number of ether oxygens (including phenoxy) is 1. The zero-order valence-electron chi connectivity index (χ0n) is 13.8. The number of hydrogen-bond acceptors (Lipinski definition) is 5. The summed E-state index contributed by atoms with van der Waals surface area (Å²) < 4.78 is 5.20. The molecule has 0 saturated carbocycles. The van der Waals surface area contributed by atoms with E-state index in [1.54, 1.807) is 32.9 Å². The second kappa shape index (κ2) is 6.88. The Morgan fingerprint density at radius 3 is 2.61 bits per heavy atom. The van der Waals surface area contributed by atoms with Crippen LogP contribution in [0.15, 0.2) is 18.2 Å². The number of carbonyl (C=O) groups excluding carboxylic acids is 1. The molecule has 0 aliphatic carbocycles. The number of piperidine rings is 1. The third kappa shape index (κ3) is 4.86. The van der Waals surface area contributed by atoms with Crippen LogP contribution in [0.5, 0.6) is 0 Å². The Morgan fingerprint density at radius 1 is 1.39 bits per heavy atom. The number of anilines is 2. The minimum absolute atomic E-state index is 0.259. The lowest BCUT2D eigenvalue weighted by atomic mass is 10.1. The monoisotopic (exact) mass is 317 g/mol. The molecule has 124 valence electrons. The maximum absolute atomic E-state index is 11.8. The molecular weight excluding hydrogens is 294 g/mol. The Kier molecular flexibility index (Phi) is 5.12. The van der Waals surface area contributed by atoms with Gasteiger partial charge in [-0.3, -0.25) is 5.32 Å². The number of benzene rings is 1. The van der Waals surface area contributed by atoms with Crippen LogP contribution in [0.1, 0.15) is 39.2 Å². The Hall–Kier alpha value is -2.26. The zero-order valence-corrected chi connectivity index (χ0v) is 13.8. The lowest BCUT2D eigenvalue weighted by Gasteiger charge is -2.32. The van der Waals surface area contributed by atoms with Gasteiger partial charge in [0.2, 0.25) is 0 Å². The van der Waals surface area contributed by atoms with Gasteiger partial charge in [-0.05, 0) is 51.8 Å². The first-order chi connectivity index (χ1) is 10.8. The third-order valence-corrected chi connectivity index (χ3v) is 3.57. The van der Waals surface area contributed by atoms with Crippen LogP contribution >= 0.6 is 0 Å². The molecule has 2 rings (SSSR count). The summed E-state index contributed by atoms with van der Waals surface area (Å²) in [6.07, 6.45) is 0.589. The Labute approximate surface area is 136 Å². The van der Waals surface area contributed by atoms with Gasteiger partial charge >= 0.3 is 6.09 Å². The molecule has 2 N–H and O–H groups in total. The molecule has 6 heteroatoms. The highest BCUT2D eigenvalue weighted by Crippen LogP contribution is 2.27. The summed E-state index contributed by atoms with van der Waals surface area (Å²) in [6, 6.07) is 7.39. The van der Waals surface area contributed by atoms with Crippen LogP contribution in [0.25, 0.3) is 0 Å². The summed E-state index contributed by atoms with van der Waals surface area (Å²) >= 11 is 0. The van der Waals surface area contributed by atoms with Gasteiger partial charge in [0.1, 0.15) is 11.7 Å². The van der Waals surface area contributed by atoms with Gasteiger partial charge < -0.3 is 14.7 Å². The minimum Gasteiger partial charge on any atom is -0.444 e. The van der Waals surface area contributed by atoms with Gasteiger partial charge in [-0.2, -0.15) is 5.26 Å². The number of nitrogens with one attached hydrogen (secondary N) is 1. The van der Waals surface area contributed by atoms with Crippen LogP contribution in [-0.4, -0.2) is 36.0 Å². The fourth-order valence-electron chi connectivity index (χ4n) is 2.51. The van der Waals surface area contributed by atoms with E-state index in [9.17, 15) is 15.2 Å². The number of nitriles is 1. The van der Waals surface area contributed by atoms with Crippen molar-refractivity contribution in [1.29, 1.82) is 5.26 Å². The maximum Gasteiger partial charge on any atom is 0.412 e. The predicted octanol–water partition coefficient (Wildman–Crippen LogP) is 2.87. The molecule has 1 aliphatic rings. The van der Waals surface area contributed by atoms with Crippen LogP contribution < -0.4 is 10.2 Å². The summed E-state index contributed by atoms with van der Waals surface area (Å²) in [7, 11) is 0. The number of aliphatic hydroxyl groups excluding tert-OH is 1. The second-order valence-electron chi connectivity index (χ2n) is 6.69. The molecule has 0 atom stereocenters. The molecule has 0 bridgehead atoms. The molecular formula is C17H23N3O3. The highest BCUT2D eigenvalue weighted by atomic mass is 16.6. The van der Waals surface area contributed by atoms with Gasteiger partial charge in [-0.15, -0.1) is 0 Å². The van der Waals surface area contributed by atoms with Crippen LogP contribution in [-0.2, 0) is 4.74 Å². The molecule has 0 spiro atoms. The molecule has 0 aromatic heterocycles. The van der Waals surface area contributed by atoms with Crippen molar-refractivity contribution in [3.8, 4) is 6.07 Å². The number of nitrogens with zero attached hydrogens (tertiary/aromatic N) is 2. The quantitative estimate of drug-likeness (QED) is 0.876. The first kappa shape index (κ1) is 17.1. The minimum atomic E-state index is -0.573. The molecule has 1 fully saturated rings. The summed E-state index contributed by atoms with van der Waals surface area (Å²) in [5.74, 6) is 0. The van der Waals surface area contributed by atoms with Crippen molar-refractivity contribution in [1.82, 2.24) is 0 Å². The second-order valence-corrected chi connectivity index (χ2v) is 6.69. The van der Waals surface area contributed by atoms with Crippen LogP contribution in [0, 0.1) is 11.3 Å². The van der Waals surface area contributed by atoms with Gasteiger partial charge in [-0.25, -0.2) is 4.79 Å². The van der Waals surface area contributed by atoms with E-state index in [0.29, 0.717) is 37.2 Å². The number of carbonyl (C=O) groups is 1. The number of aliphatic hydroxyl groups is 1. The molecule has 1 heterocycles. The van der Waals surface area contributed by atoms with Gasteiger partial charge in [0, 0.05) is 18.8 Å². The third-order valence-electron chi connectivity index (χ3n) is 3.57. The van der Waals surface area contributed by atoms with E-state index < -0.39 is 11.7 Å². The van der Waals surface area contributed by atoms with Crippen molar-refractivity contribution in [2.45, 2.75) is 45.3 Å². The molecule has 1 amide bonds. The molecule has 1 aliphatic heterocycles. The van der Waals surface area contributed by atoms with E-state index in [-0.39, 0.29) is 6.10 Å². The Morgan fingerprint density at radius 2 is 2.04 bits per heavy atom. The van der Waals surface area contributed by atoms with Crippen molar-refractivity contribution in [3.05, 3.63) is 23.8 Å². The average Bonchev–Trinajstić information content (AvgIpc) is 2.46. The lowest BCUT2D eigenvalue weighted by molar-refractivity contribution is 0.0636.